The first kappa shape index (κ1) is 14.2. The molecule has 0 saturated heterocycles. The van der Waals surface area contributed by atoms with Crippen LogP contribution in [-0.2, 0) is 21.4 Å². The number of nitrogens with one attached hydrogen (secondary N) is 1. The molecule has 1 amide bonds. The molecule has 1 aromatic heterocycles. The first-order valence-corrected chi connectivity index (χ1v) is 5.72. The minimum atomic E-state index is -0.777. The number of nitrogens with zero attached hydrogens (tertiary/aromatic N) is 2. The second-order valence-electron chi connectivity index (χ2n) is 3.77. The Bertz CT molecular complexity index is 416. The highest BCUT2D eigenvalue weighted by molar-refractivity contribution is 5.83. The molecule has 0 spiro atoms. The summed E-state index contributed by atoms with van der Waals surface area (Å²) in [5.74, 6) is -0.681. The van der Waals surface area contributed by atoms with Crippen molar-refractivity contribution < 1.29 is 14.3 Å². The number of carbonyl (C=O) groups is 2. The second-order valence-corrected chi connectivity index (χ2v) is 3.77. The molecule has 0 aliphatic heterocycles. The van der Waals surface area contributed by atoms with E-state index in [4.69, 9.17) is 10.5 Å². The van der Waals surface area contributed by atoms with Gasteiger partial charge in [0.05, 0.1) is 19.2 Å². The van der Waals surface area contributed by atoms with E-state index < -0.39 is 6.04 Å². The molecule has 18 heavy (non-hydrogen) atoms. The largest absolute Gasteiger partial charge is 0.466 e. The SMILES string of the molecule is CCOC(=O)CCNC(=O)C(N)c1cnn(C)c1. The highest BCUT2D eigenvalue weighted by atomic mass is 16.5. The Balaban J connectivity index is 2.34. The van der Waals surface area contributed by atoms with Crippen LogP contribution in [0.1, 0.15) is 24.9 Å². The predicted molar refractivity (Wildman–Crippen MR) is 64.4 cm³/mol. The molecule has 1 unspecified atom stereocenters. The summed E-state index contributed by atoms with van der Waals surface area (Å²) >= 11 is 0. The third-order valence-corrected chi connectivity index (χ3v) is 2.30. The third kappa shape index (κ3) is 4.17. The minimum Gasteiger partial charge on any atom is -0.466 e. The first-order valence-electron chi connectivity index (χ1n) is 5.72. The Kier molecular flexibility index (Phi) is 5.31. The van der Waals surface area contributed by atoms with Crippen molar-refractivity contribution >= 4 is 11.9 Å². The summed E-state index contributed by atoms with van der Waals surface area (Å²) in [5.41, 5.74) is 6.38. The van der Waals surface area contributed by atoms with Gasteiger partial charge in [0.25, 0.3) is 0 Å². The fraction of sp³-hybridized carbons (Fsp3) is 0.545. The Hall–Kier alpha value is -1.89. The summed E-state index contributed by atoms with van der Waals surface area (Å²) in [4.78, 5) is 22.7. The number of esters is 1. The fourth-order valence-electron chi connectivity index (χ4n) is 1.38. The molecular formula is C11H18N4O3. The zero-order valence-corrected chi connectivity index (χ0v) is 10.5. The number of nitrogens with two attached hydrogens (primary N) is 1. The quantitative estimate of drug-likeness (QED) is 0.666. The highest BCUT2D eigenvalue weighted by Gasteiger charge is 2.17. The topological polar surface area (TPSA) is 99.2 Å². The van der Waals surface area contributed by atoms with Crippen LogP contribution < -0.4 is 11.1 Å². The van der Waals surface area contributed by atoms with E-state index in [9.17, 15) is 9.59 Å². The maximum absolute atomic E-state index is 11.7. The van der Waals surface area contributed by atoms with E-state index in [-0.39, 0.29) is 24.8 Å². The fourth-order valence-corrected chi connectivity index (χ4v) is 1.38. The van der Waals surface area contributed by atoms with Crippen molar-refractivity contribution in [3.05, 3.63) is 18.0 Å². The number of amides is 1. The lowest BCUT2D eigenvalue weighted by Crippen LogP contribution is -2.35. The lowest BCUT2D eigenvalue weighted by atomic mass is 10.1. The number of ether oxygens (including phenoxy) is 1. The summed E-state index contributed by atoms with van der Waals surface area (Å²) in [6.07, 6.45) is 3.35. The van der Waals surface area contributed by atoms with Gasteiger partial charge in [0, 0.05) is 25.4 Å². The van der Waals surface area contributed by atoms with Gasteiger partial charge in [-0.1, -0.05) is 0 Å². The molecule has 1 aromatic rings. The lowest BCUT2D eigenvalue weighted by Gasteiger charge is -2.10. The van der Waals surface area contributed by atoms with Crippen molar-refractivity contribution in [3.8, 4) is 0 Å². The monoisotopic (exact) mass is 254 g/mol. The number of hydrogen-bond acceptors (Lipinski definition) is 5. The molecule has 1 heterocycles. The lowest BCUT2D eigenvalue weighted by molar-refractivity contribution is -0.143. The van der Waals surface area contributed by atoms with Gasteiger partial charge in [-0.05, 0) is 6.92 Å². The Morgan fingerprint density at radius 1 is 1.61 bits per heavy atom. The van der Waals surface area contributed by atoms with Gasteiger partial charge in [0.1, 0.15) is 6.04 Å². The maximum atomic E-state index is 11.7. The van der Waals surface area contributed by atoms with E-state index in [2.05, 4.69) is 10.4 Å². The van der Waals surface area contributed by atoms with Gasteiger partial charge in [0.15, 0.2) is 0 Å². The van der Waals surface area contributed by atoms with Crippen molar-refractivity contribution in [1.29, 1.82) is 0 Å². The van der Waals surface area contributed by atoms with Crippen LogP contribution >= 0.6 is 0 Å². The van der Waals surface area contributed by atoms with Crippen molar-refractivity contribution in [2.75, 3.05) is 13.2 Å². The average Bonchev–Trinajstić information content (AvgIpc) is 2.75. The smallest absolute Gasteiger partial charge is 0.307 e. The molecule has 0 fully saturated rings. The number of rotatable bonds is 6. The molecule has 0 bridgehead atoms. The summed E-state index contributed by atoms with van der Waals surface area (Å²) in [7, 11) is 1.74. The van der Waals surface area contributed by atoms with E-state index in [1.165, 1.54) is 6.20 Å². The van der Waals surface area contributed by atoms with Crippen LogP contribution in [0.5, 0.6) is 0 Å². The van der Waals surface area contributed by atoms with E-state index in [0.717, 1.165) is 0 Å². The Labute approximate surface area is 105 Å². The summed E-state index contributed by atoms with van der Waals surface area (Å²) in [6.45, 7) is 2.28. The minimum absolute atomic E-state index is 0.138. The number of aromatic nitrogens is 2. The Morgan fingerprint density at radius 2 is 2.33 bits per heavy atom. The number of hydrogen-bond donors (Lipinski definition) is 2. The van der Waals surface area contributed by atoms with Crippen LogP contribution in [-0.4, -0.2) is 34.8 Å². The summed E-state index contributed by atoms with van der Waals surface area (Å²) in [5, 5.41) is 6.51. The van der Waals surface area contributed by atoms with Crippen LogP contribution in [0, 0.1) is 0 Å². The predicted octanol–water partition coefficient (Wildman–Crippen LogP) is -0.511. The zero-order chi connectivity index (χ0) is 13.5. The Morgan fingerprint density at radius 3 is 2.89 bits per heavy atom. The van der Waals surface area contributed by atoms with Gasteiger partial charge in [-0.3, -0.25) is 14.3 Å². The van der Waals surface area contributed by atoms with Crippen molar-refractivity contribution in [2.24, 2.45) is 12.8 Å². The van der Waals surface area contributed by atoms with Gasteiger partial charge >= 0.3 is 5.97 Å². The molecule has 0 aliphatic carbocycles. The molecule has 3 N–H and O–H groups in total. The molecular weight excluding hydrogens is 236 g/mol. The molecule has 1 atom stereocenters. The normalized spacial score (nSPS) is 11.9. The molecule has 0 radical (unpaired) electrons. The molecule has 7 heteroatoms. The third-order valence-electron chi connectivity index (χ3n) is 2.30. The highest BCUT2D eigenvalue weighted by Crippen LogP contribution is 2.07. The number of aryl methyl sites for hydroxylation is 1. The second kappa shape index (κ2) is 6.75. The standard InChI is InChI=1S/C11H18N4O3/c1-3-18-9(16)4-5-13-11(17)10(12)8-6-14-15(2)7-8/h6-7,10H,3-5,12H2,1-2H3,(H,13,17). The van der Waals surface area contributed by atoms with Crippen LogP contribution in [0.4, 0.5) is 0 Å². The number of carbonyl (C=O) groups excluding carboxylic acids is 2. The maximum Gasteiger partial charge on any atom is 0.307 e. The molecule has 7 nitrogen and oxygen atoms in total. The van der Waals surface area contributed by atoms with E-state index >= 15 is 0 Å². The van der Waals surface area contributed by atoms with Gasteiger partial charge in [-0.15, -0.1) is 0 Å². The molecule has 0 saturated carbocycles. The zero-order valence-electron chi connectivity index (χ0n) is 10.5. The van der Waals surface area contributed by atoms with Crippen LogP contribution in [0.15, 0.2) is 12.4 Å². The molecule has 0 aliphatic rings. The van der Waals surface area contributed by atoms with Crippen LogP contribution in [0.25, 0.3) is 0 Å². The van der Waals surface area contributed by atoms with Crippen molar-refractivity contribution in [3.63, 3.8) is 0 Å². The summed E-state index contributed by atoms with van der Waals surface area (Å²) in [6, 6.07) is -0.777. The first-order chi connectivity index (χ1) is 8.54. The van der Waals surface area contributed by atoms with Gasteiger partial charge in [-0.25, -0.2) is 0 Å². The molecule has 100 valence electrons. The van der Waals surface area contributed by atoms with E-state index in [1.807, 2.05) is 0 Å². The van der Waals surface area contributed by atoms with Crippen molar-refractivity contribution in [2.45, 2.75) is 19.4 Å². The van der Waals surface area contributed by atoms with Crippen LogP contribution in [0.3, 0.4) is 0 Å². The van der Waals surface area contributed by atoms with Crippen molar-refractivity contribution in [1.82, 2.24) is 15.1 Å². The average molecular weight is 254 g/mol. The molecule has 0 aromatic carbocycles. The van der Waals surface area contributed by atoms with Gasteiger partial charge in [-0.2, -0.15) is 5.10 Å². The van der Waals surface area contributed by atoms with E-state index in [1.54, 1.807) is 24.9 Å². The summed E-state index contributed by atoms with van der Waals surface area (Å²) < 4.78 is 6.31. The molecule has 1 rings (SSSR count). The van der Waals surface area contributed by atoms with Gasteiger partial charge < -0.3 is 15.8 Å². The van der Waals surface area contributed by atoms with Crippen LogP contribution in [0.2, 0.25) is 0 Å². The van der Waals surface area contributed by atoms with E-state index in [0.29, 0.717) is 12.2 Å². The van der Waals surface area contributed by atoms with Gasteiger partial charge in [0.2, 0.25) is 5.91 Å².